The summed E-state index contributed by atoms with van der Waals surface area (Å²) in [5.41, 5.74) is 0.909. The van der Waals surface area contributed by atoms with Crippen LogP contribution in [0.5, 0.6) is 0 Å². The normalized spacial score (nSPS) is 24.0. The number of carbonyl (C=O) groups excluding carboxylic acids is 1. The average molecular weight is 360 g/mol. The number of esters is 1. The van der Waals surface area contributed by atoms with Crippen LogP contribution < -0.4 is 5.32 Å². The Morgan fingerprint density at radius 1 is 1.44 bits per heavy atom. The summed E-state index contributed by atoms with van der Waals surface area (Å²) >= 11 is 1.38. The first-order chi connectivity index (χ1) is 12.1. The largest absolute Gasteiger partial charge is 0.462 e. The predicted octanol–water partition coefficient (Wildman–Crippen LogP) is 3.21. The first-order valence-electron chi connectivity index (χ1n) is 9.02. The van der Waals surface area contributed by atoms with Gasteiger partial charge in [-0.1, -0.05) is 0 Å². The monoisotopic (exact) mass is 360 g/mol. The molecule has 134 valence electrons. The van der Waals surface area contributed by atoms with Crippen molar-refractivity contribution in [2.45, 2.75) is 58.2 Å². The number of aromatic nitrogens is 2. The number of aryl methyl sites for hydroxylation is 1. The molecule has 0 bridgehead atoms. The third-order valence-electron chi connectivity index (χ3n) is 5.17. The summed E-state index contributed by atoms with van der Waals surface area (Å²) in [4.78, 5) is 25.1. The molecule has 2 aromatic heterocycles. The van der Waals surface area contributed by atoms with Crippen molar-refractivity contribution in [1.82, 2.24) is 14.9 Å². The summed E-state index contributed by atoms with van der Waals surface area (Å²) in [5.74, 6) is 0.562. The van der Waals surface area contributed by atoms with Gasteiger partial charge in [-0.2, -0.15) is 0 Å². The Morgan fingerprint density at radius 2 is 2.24 bits per heavy atom. The van der Waals surface area contributed by atoms with Gasteiger partial charge in [0.2, 0.25) is 0 Å². The number of nitrogens with one attached hydrogen (secondary N) is 1. The standard InChI is InChI=1S/C18H24N4O2S/c1-4-24-18(23)15-11(3)14-16(19-9-20-17(14)25-15)21-12-7-10(2)22(8-12)13-5-6-13/h9-10,12-13H,4-8H2,1-3H3,(H,19,20,21). The highest BCUT2D eigenvalue weighted by molar-refractivity contribution is 7.20. The Kier molecular flexibility index (Phi) is 4.37. The number of carbonyl (C=O) groups is 1. The number of hydrogen-bond donors (Lipinski definition) is 1. The van der Waals surface area contributed by atoms with Gasteiger partial charge >= 0.3 is 5.97 Å². The second-order valence-electron chi connectivity index (χ2n) is 7.03. The first kappa shape index (κ1) is 16.7. The zero-order chi connectivity index (χ0) is 17.6. The number of likely N-dealkylation sites (tertiary alicyclic amines) is 1. The van der Waals surface area contributed by atoms with E-state index in [1.165, 1.54) is 24.2 Å². The fourth-order valence-electron chi connectivity index (χ4n) is 3.84. The maximum atomic E-state index is 12.2. The minimum Gasteiger partial charge on any atom is -0.462 e. The van der Waals surface area contributed by atoms with Crippen molar-refractivity contribution >= 4 is 33.3 Å². The molecule has 6 nitrogen and oxygen atoms in total. The fraction of sp³-hybridized carbons (Fsp3) is 0.611. The molecule has 1 aliphatic heterocycles. The van der Waals surface area contributed by atoms with E-state index >= 15 is 0 Å². The van der Waals surface area contributed by atoms with Crippen LogP contribution in [0.3, 0.4) is 0 Å². The molecule has 25 heavy (non-hydrogen) atoms. The van der Waals surface area contributed by atoms with Crippen molar-refractivity contribution in [2.75, 3.05) is 18.5 Å². The van der Waals surface area contributed by atoms with E-state index in [0.29, 0.717) is 23.6 Å². The minimum atomic E-state index is -0.275. The zero-order valence-corrected chi connectivity index (χ0v) is 15.7. The second kappa shape index (κ2) is 6.53. The highest BCUT2D eigenvalue weighted by Crippen LogP contribution is 2.37. The lowest BCUT2D eigenvalue weighted by Gasteiger charge is -2.19. The molecule has 2 aromatic rings. The lowest BCUT2D eigenvalue weighted by Crippen LogP contribution is -2.31. The Balaban J connectivity index is 1.60. The zero-order valence-electron chi connectivity index (χ0n) is 14.9. The molecule has 1 saturated heterocycles. The summed E-state index contributed by atoms with van der Waals surface area (Å²) in [5, 5.41) is 4.57. The van der Waals surface area contributed by atoms with Crippen LogP contribution in [0.1, 0.15) is 48.3 Å². The van der Waals surface area contributed by atoms with Gasteiger partial charge < -0.3 is 10.1 Å². The first-order valence-corrected chi connectivity index (χ1v) is 9.83. The van der Waals surface area contributed by atoms with Crippen LogP contribution in [0.15, 0.2) is 6.33 Å². The van der Waals surface area contributed by atoms with E-state index in [9.17, 15) is 4.79 Å². The molecule has 0 spiro atoms. The quantitative estimate of drug-likeness (QED) is 0.826. The number of fused-ring (bicyclic) bond motifs is 1. The van der Waals surface area contributed by atoms with E-state index in [-0.39, 0.29) is 5.97 Å². The predicted molar refractivity (Wildman–Crippen MR) is 99.3 cm³/mol. The van der Waals surface area contributed by atoms with Gasteiger partial charge in [0.25, 0.3) is 0 Å². The fourth-order valence-corrected chi connectivity index (χ4v) is 4.88. The molecule has 0 radical (unpaired) electrons. The van der Waals surface area contributed by atoms with Gasteiger partial charge in [0.05, 0.1) is 12.0 Å². The van der Waals surface area contributed by atoms with Crippen LogP contribution in [-0.4, -0.2) is 52.1 Å². The Labute approximate surface area is 151 Å². The van der Waals surface area contributed by atoms with Crippen LogP contribution in [0.2, 0.25) is 0 Å². The molecule has 0 amide bonds. The van der Waals surface area contributed by atoms with Gasteiger partial charge in [-0.3, -0.25) is 4.90 Å². The number of hydrogen-bond acceptors (Lipinski definition) is 7. The van der Waals surface area contributed by atoms with Crippen molar-refractivity contribution in [3.63, 3.8) is 0 Å². The van der Waals surface area contributed by atoms with Gasteiger partial charge in [0, 0.05) is 24.7 Å². The lowest BCUT2D eigenvalue weighted by molar-refractivity contribution is 0.0531. The molecule has 0 aromatic carbocycles. The number of thiophene rings is 1. The number of rotatable bonds is 5. The van der Waals surface area contributed by atoms with Gasteiger partial charge in [0.15, 0.2) is 0 Å². The number of ether oxygens (including phenoxy) is 1. The summed E-state index contributed by atoms with van der Waals surface area (Å²) in [6.45, 7) is 7.52. The molecule has 2 aliphatic rings. The number of anilines is 1. The van der Waals surface area contributed by atoms with Crippen molar-refractivity contribution in [2.24, 2.45) is 0 Å². The van der Waals surface area contributed by atoms with Crippen molar-refractivity contribution in [1.29, 1.82) is 0 Å². The molecule has 7 heteroatoms. The summed E-state index contributed by atoms with van der Waals surface area (Å²) in [7, 11) is 0. The SMILES string of the molecule is CCOC(=O)c1sc2ncnc(NC3CC(C)N(C4CC4)C3)c2c1C. The average Bonchev–Trinajstić information content (AvgIpc) is 3.28. The molecule has 3 heterocycles. The van der Waals surface area contributed by atoms with Crippen LogP contribution in [0, 0.1) is 6.92 Å². The van der Waals surface area contributed by atoms with E-state index in [1.54, 1.807) is 6.33 Å². The van der Waals surface area contributed by atoms with E-state index in [0.717, 1.165) is 40.6 Å². The van der Waals surface area contributed by atoms with Crippen LogP contribution in [0.25, 0.3) is 10.2 Å². The van der Waals surface area contributed by atoms with Crippen LogP contribution in [-0.2, 0) is 4.74 Å². The topological polar surface area (TPSA) is 67.3 Å². The van der Waals surface area contributed by atoms with Gasteiger partial charge in [-0.25, -0.2) is 14.8 Å². The molecule has 1 N–H and O–H groups in total. The molecule has 2 atom stereocenters. The lowest BCUT2D eigenvalue weighted by atomic mass is 10.1. The van der Waals surface area contributed by atoms with E-state index < -0.39 is 0 Å². The van der Waals surface area contributed by atoms with E-state index in [2.05, 4.69) is 27.1 Å². The maximum Gasteiger partial charge on any atom is 0.348 e. The van der Waals surface area contributed by atoms with Gasteiger partial charge in [0.1, 0.15) is 21.9 Å². The minimum absolute atomic E-state index is 0.275. The maximum absolute atomic E-state index is 12.2. The molecule has 2 fully saturated rings. The molecular weight excluding hydrogens is 336 g/mol. The second-order valence-corrected chi connectivity index (χ2v) is 8.03. The van der Waals surface area contributed by atoms with Crippen molar-refractivity contribution < 1.29 is 9.53 Å². The van der Waals surface area contributed by atoms with Gasteiger partial charge in [-0.05, 0) is 45.6 Å². The van der Waals surface area contributed by atoms with Crippen LogP contribution in [0.4, 0.5) is 5.82 Å². The Hall–Kier alpha value is -1.73. The summed E-state index contributed by atoms with van der Waals surface area (Å²) in [6.07, 6.45) is 5.37. The molecular formula is C18H24N4O2S. The third-order valence-corrected chi connectivity index (χ3v) is 6.35. The smallest absolute Gasteiger partial charge is 0.348 e. The van der Waals surface area contributed by atoms with Crippen molar-refractivity contribution in [3.05, 3.63) is 16.8 Å². The van der Waals surface area contributed by atoms with E-state index in [4.69, 9.17) is 4.74 Å². The van der Waals surface area contributed by atoms with Crippen LogP contribution >= 0.6 is 11.3 Å². The third kappa shape index (κ3) is 3.11. The van der Waals surface area contributed by atoms with E-state index in [1.807, 2.05) is 13.8 Å². The Morgan fingerprint density at radius 3 is 2.96 bits per heavy atom. The molecule has 4 rings (SSSR count). The highest BCUT2D eigenvalue weighted by Gasteiger charge is 2.39. The van der Waals surface area contributed by atoms with Crippen molar-refractivity contribution in [3.8, 4) is 0 Å². The molecule has 1 saturated carbocycles. The molecule has 2 unspecified atom stereocenters. The number of nitrogens with zero attached hydrogens (tertiary/aromatic N) is 3. The highest BCUT2D eigenvalue weighted by atomic mass is 32.1. The summed E-state index contributed by atoms with van der Waals surface area (Å²) in [6, 6.07) is 1.78. The molecule has 1 aliphatic carbocycles. The summed E-state index contributed by atoms with van der Waals surface area (Å²) < 4.78 is 5.17. The van der Waals surface area contributed by atoms with Gasteiger partial charge in [-0.15, -0.1) is 11.3 Å². The Bertz CT molecular complexity index is 802.